The molecule has 2 aromatic carbocycles. The Hall–Kier alpha value is -2.69. The van der Waals surface area contributed by atoms with E-state index in [1.807, 2.05) is 32.0 Å². The number of aryl methyl sites for hydroxylation is 1. The molecule has 1 heterocycles. The van der Waals surface area contributed by atoms with Crippen LogP contribution in [0.3, 0.4) is 0 Å². The molecule has 0 aliphatic heterocycles. The lowest BCUT2D eigenvalue weighted by atomic mass is 10.1. The molecule has 0 fully saturated rings. The highest BCUT2D eigenvalue weighted by atomic mass is 19.1. The number of nitrogens with zero attached hydrogens (tertiary/aromatic N) is 2. The Kier molecular flexibility index (Phi) is 4.10. The number of hydrogen-bond donors (Lipinski definition) is 0. The minimum atomic E-state index is -0.413. The van der Waals surface area contributed by atoms with Crippen LogP contribution in [0.4, 0.5) is 10.1 Å². The number of benzene rings is 2. The van der Waals surface area contributed by atoms with Gasteiger partial charge in [-0.05, 0) is 38.1 Å². The smallest absolute Gasteiger partial charge is 0.233 e. The monoisotopic (exact) mass is 312 g/mol. The van der Waals surface area contributed by atoms with Gasteiger partial charge in [0.2, 0.25) is 5.91 Å². The Labute approximate surface area is 133 Å². The van der Waals surface area contributed by atoms with Gasteiger partial charge in [-0.1, -0.05) is 28.9 Å². The number of anilines is 1. The van der Waals surface area contributed by atoms with E-state index in [9.17, 15) is 9.18 Å². The Morgan fingerprint density at radius 3 is 2.78 bits per heavy atom. The fourth-order valence-corrected chi connectivity index (χ4v) is 2.62. The van der Waals surface area contributed by atoms with Crippen molar-refractivity contribution in [3.8, 4) is 0 Å². The first kappa shape index (κ1) is 15.2. The SMILES string of the molecule is CCN(C(=O)Cc1noc2ccc(C)cc12)c1ccccc1F. The van der Waals surface area contributed by atoms with Crippen LogP contribution in [0.2, 0.25) is 0 Å². The van der Waals surface area contributed by atoms with Gasteiger partial charge in [-0.15, -0.1) is 0 Å². The largest absolute Gasteiger partial charge is 0.356 e. The van der Waals surface area contributed by atoms with E-state index in [2.05, 4.69) is 5.16 Å². The van der Waals surface area contributed by atoms with Crippen LogP contribution in [-0.2, 0) is 11.2 Å². The highest BCUT2D eigenvalue weighted by Gasteiger charge is 2.20. The van der Waals surface area contributed by atoms with Gasteiger partial charge in [0, 0.05) is 11.9 Å². The van der Waals surface area contributed by atoms with Crippen LogP contribution in [0.15, 0.2) is 47.0 Å². The van der Waals surface area contributed by atoms with Crippen molar-refractivity contribution in [3.63, 3.8) is 0 Å². The van der Waals surface area contributed by atoms with Crippen LogP contribution >= 0.6 is 0 Å². The summed E-state index contributed by atoms with van der Waals surface area (Å²) in [5.41, 5.74) is 2.57. The van der Waals surface area contributed by atoms with Crippen LogP contribution in [0, 0.1) is 12.7 Å². The van der Waals surface area contributed by atoms with Gasteiger partial charge < -0.3 is 9.42 Å². The molecule has 3 aromatic rings. The molecule has 0 saturated carbocycles. The van der Waals surface area contributed by atoms with Crippen LogP contribution < -0.4 is 4.90 Å². The molecule has 0 aliphatic carbocycles. The van der Waals surface area contributed by atoms with Crippen LogP contribution in [-0.4, -0.2) is 17.6 Å². The number of amides is 1. The molecule has 0 saturated heterocycles. The number of rotatable bonds is 4. The van der Waals surface area contributed by atoms with Crippen LogP contribution in [0.5, 0.6) is 0 Å². The van der Waals surface area contributed by atoms with E-state index >= 15 is 0 Å². The second-order valence-corrected chi connectivity index (χ2v) is 5.40. The molecule has 0 spiro atoms. The number of carbonyl (C=O) groups excluding carboxylic acids is 1. The maximum atomic E-state index is 13.9. The van der Waals surface area contributed by atoms with E-state index in [1.165, 1.54) is 11.0 Å². The third-order valence-electron chi connectivity index (χ3n) is 3.78. The summed E-state index contributed by atoms with van der Waals surface area (Å²) in [6.45, 7) is 4.17. The lowest BCUT2D eigenvalue weighted by Crippen LogP contribution is -2.32. The Bertz CT molecular complexity index is 857. The van der Waals surface area contributed by atoms with Gasteiger partial charge in [-0.2, -0.15) is 0 Å². The summed E-state index contributed by atoms with van der Waals surface area (Å²) < 4.78 is 19.2. The topological polar surface area (TPSA) is 46.3 Å². The molecule has 23 heavy (non-hydrogen) atoms. The molecule has 0 bridgehead atoms. The first-order valence-electron chi connectivity index (χ1n) is 7.50. The standard InChI is InChI=1S/C18H17FN2O2/c1-3-21(16-7-5-4-6-14(16)19)18(22)11-15-13-10-12(2)8-9-17(13)23-20-15/h4-10H,3,11H2,1-2H3. The van der Waals surface area contributed by atoms with Crippen molar-refractivity contribution in [1.29, 1.82) is 0 Å². The third-order valence-corrected chi connectivity index (χ3v) is 3.78. The fraction of sp³-hybridized carbons (Fsp3) is 0.222. The van der Waals surface area contributed by atoms with E-state index in [4.69, 9.17) is 4.52 Å². The number of para-hydroxylation sites is 1. The molecule has 0 N–H and O–H groups in total. The quantitative estimate of drug-likeness (QED) is 0.734. The number of likely N-dealkylation sites (N-methyl/N-ethyl adjacent to an activating group) is 1. The van der Waals surface area contributed by atoms with E-state index in [0.717, 1.165) is 10.9 Å². The van der Waals surface area contributed by atoms with Crippen molar-refractivity contribution >= 4 is 22.6 Å². The van der Waals surface area contributed by atoms with E-state index in [1.54, 1.807) is 18.2 Å². The highest BCUT2D eigenvalue weighted by molar-refractivity contribution is 5.96. The van der Waals surface area contributed by atoms with Crippen molar-refractivity contribution in [1.82, 2.24) is 5.16 Å². The number of fused-ring (bicyclic) bond motifs is 1. The molecule has 0 atom stereocenters. The summed E-state index contributed by atoms with van der Waals surface area (Å²) in [6.07, 6.45) is 0.0681. The first-order chi connectivity index (χ1) is 11.1. The lowest BCUT2D eigenvalue weighted by molar-refractivity contribution is -0.118. The second-order valence-electron chi connectivity index (χ2n) is 5.40. The summed E-state index contributed by atoms with van der Waals surface area (Å²) in [7, 11) is 0. The lowest BCUT2D eigenvalue weighted by Gasteiger charge is -2.21. The van der Waals surface area contributed by atoms with Crippen molar-refractivity contribution < 1.29 is 13.7 Å². The summed E-state index contributed by atoms with van der Waals surface area (Å²) in [6, 6.07) is 12.0. The van der Waals surface area contributed by atoms with E-state index in [0.29, 0.717) is 17.8 Å². The average molecular weight is 312 g/mol. The molecule has 1 amide bonds. The van der Waals surface area contributed by atoms with Gasteiger partial charge in [-0.25, -0.2) is 4.39 Å². The zero-order valence-electron chi connectivity index (χ0n) is 13.0. The minimum absolute atomic E-state index is 0.0681. The zero-order chi connectivity index (χ0) is 16.4. The van der Waals surface area contributed by atoms with Crippen LogP contribution in [0.25, 0.3) is 11.0 Å². The molecule has 0 aliphatic rings. The maximum absolute atomic E-state index is 13.9. The van der Waals surface area contributed by atoms with Gasteiger partial charge >= 0.3 is 0 Å². The molecular formula is C18H17FN2O2. The summed E-state index contributed by atoms with van der Waals surface area (Å²) >= 11 is 0. The Morgan fingerprint density at radius 1 is 1.26 bits per heavy atom. The summed E-state index contributed by atoms with van der Waals surface area (Å²) in [5, 5.41) is 4.82. The molecule has 3 rings (SSSR count). The number of carbonyl (C=O) groups is 1. The highest BCUT2D eigenvalue weighted by Crippen LogP contribution is 2.23. The number of aromatic nitrogens is 1. The van der Waals surface area contributed by atoms with E-state index < -0.39 is 5.82 Å². The molecule has 0 unspecified atom stereocenters. The van der Waals surface area contributed by atoms with Crippen molar-refractivity contribution in [2.75, 3.05) is 11.4 Å². The minimum Gasteiger partial charge on any atom is -0.356 e. The third kappa shape index (κ3) is 2.95. The molecule has 118 valence electrons. The van der Waals surface area contributed by atoms with E-state index in [-0.39, 0.29) is 18.0 Å². The van der Waals surface area contributed by atoms with Crippen molar-refractivity contribution in [3.05, 3.63) is 59.5 Å². The molecular weight excluding hydrogens is 295 g/mol. The van der Waals surface area contributed by atoms with Gasteiger partial charge in [0.25, 0.3) is 0 Å². The molecule has 5 heteroatoms. The molecule has 0 radical (unpaired) electrons. The predicted molar refractivity (Wildman–Crippen MR) is 86.9 cm³/mol. The van der Waals surface area contributed by atoms with Gasteiger partial charge in [0.05, 0.1) is 12.1 Å². The normalized spacial score (nSPS) is 10.9. The number of hydrogen-bond acceptors (Lipinski definition) is 3. The van der Waals surface area contributed by atoms with Gasteiger partial charge in [0.15, 0.2) is 5.58 Å². The second kappa shape index (κ2) is 6.20. The van der Waals surface area contributed by atoms with Gasteiger partial charge in [0.1, 0.15) is 11.5 Å². The summed E-state index contributed by atoms with van der Waals surface area (Å²) in [5.74, 6) is -0.627. The Balaban J connectivity index is 1.90. The van der Waals surface area contributed by atoms with Crippen molar-refractivity contribution in [2.45, 2.75) is 20.3 Å². The first-order valence-corrected chi connectivity index (χ1v) is 7.50. The van der Waals surface area contributed by atoms with Crippen LogP contribution in [0.1, 0.15) is 18.2 Å². The Morgan fingerprint density at radius 2 is 2.04 bits per heavy atom. The molecule has 1 aromatic heterocycles. The maximum Gasteiger partial charge on any atom is 0.233 e. The average Bonchev–Trinajstić information content (AvgIpc) is 2.92. The van der Waals surface area contributed by atoms with Gasteiger partial charge in [-0.3, -0.25) is 4.79 Å². The molecule has 4 nitrogen and oxygen atoms in total. The summed E-state index contributed by atoms with van der Waals surface area (Å²) in [4.78, 5) is 14.0. The zero-order valence-corrected chi connectivity index (χ0v) is 13.0. The van der Waals surface area contributed by atoms with Crippen molar-refractivity contribution in [2.24, 2.45) is 0 Å². The fourth-order valence-electron chi connectivity index (χ4n) is 2.62. The predicted octanol–water partition coefficient (Wildman–Crippen LogP) is 3.87. The number of halogens is 1.